The maximum Gasteiger partial charge on any atom is 0.0637 e. The Morgan fingerprint density at radius 1 is 1.29 bits per heavy atom. The van der Waals surface area contributed by atoms with Gasteiger partial charge in [0.15, 0.2) is 0 Å². The zero-order valence-electron chi connectivity index (χ0n) is 12.1. The summed E-state index contributed by atoms with van der Waals surface area (Å²) in [6.45, 7) is 11.4. The van der Waals surface area contributed by atoms with Gasteiger partial charge in [-0.3, -0.25) is 0 Å². The fraction of sp³-hybridized carbons (Fsp3) is 0.857. The fourth-order valence-electron chi connectivity index (χ4n) is 1.97. The SMILES string of the molecule is CC/C(C)=C(/CC)N(CCOC)C[C@H](C)CO. The first kappa shape index (κ1) is 16.5. The van der Waals surface area contributed by atoms with E-state index in [1.54, 1.807) is 7.11 Å². The number of allylic oxidation sites excluding steroid dienone is 2. The molecule has 3 heteroatoms. The zero-order valence-corrected chi connectivity index (χ0v) is 12.1. The van der Waals surface area contributed by atoms with Gasteiger partial charge >= 0.3 is 0 Å². The normalized spacial score (nSPS) is 14.5. The number of hydrogen-bond acceptors (Lipinski definition) is 3. The van der Waals surface area contributed by atoms with Gasteiger partial charge in [-0.2, -0.15) is 0 Å². The third kappa shape index (κ3) is 6.08. The minimum atomic E-state index is 0.242. The fourth-order valence-corrected chi connectivity index (χ4v) is 1.97. The third-order valence-corrected chi connectivity index (χ3v) is 3.15. The molecule has 0 aromatic rings. The smallest absolute Gasteiger partial charge is 0.0637 e. The quantitative estimate of drug-likeness (QED) is 0.676. The second kappa shape index (κ2) is 9.49. The van der Waals surface area contributed by atoms with Gasteiger partial charge in [0.2, 0.25) is 0 Å². The first-order valence-corrected chi connectivity index (χ1v) is 6.63. The molecule has 0 aliphatic heterocycles. The minimum absolute atomic E-state index is 0.242. The van der Waals surface area contributed by atoms with Crippen molar-refractivity contribution in [2.75, 3.05) is 33.4 Å². The Bertz CT molecular complexity index is 226. The van der Waals surface area contributed by atoms with E-state index >= 15 is 0 Å². The van der Waals surface area contributed by atoms with Gasteiger partial charge in [-0.1, -0.05) is 26.3 Å². The van der Waals surface area contributed by atoms with Crippen LogP contribution in [-0.4, -0.2) is 43.4 Å². The van der Waals surface area contributed by atoms with Crippen LogP contribution in [0, 0.1) is 5.92 Å². The standard InChI is InChI=1S/C14H29NO2/c1-6-13(4)14(7-2)15(8-9-17-5)10-12(3)11-16/h12,16H,6-11H2,1-5H3/b14-13-/t12-/m0/s1. The number of rotatable bonds is 9. The summed E-state index contributed by atoms with van der Waals surface area (Å²) in [7, 11) is 1.73. The summed E-state index contributed by atoms with van der Waals surface area (Å²) in [5, 5.41) is 9.19. The summed E-state index contributed by atoms with van der Waals surface area (Å²) in [5.74, 6) is 0.304. The van der Waals surface area contributed by atoms with Gasteiger partial charge in [0.05, 0.1) is 6.61 Å². The van der Waals surface area contributed by atoms with E-state index in [9.17, 15) is 5.11 Å². The molecule has 0 fully saturated rings. The molecule has 0 spiro atoms. The Hall–Kier alpha value is -0.540. The van der Waals surface area contributed by atoms with Crippen LogP contribution in [0.1, 0.15) is 40.5 Å². The molecular weight excluding hydrogens is 214 g/mol. The molecule has 0 radical (unpaired) electrons. The molecular formula is C14H29NO2. The Morgan fingerprint density at radius 3 is 2.35 bits per heavy atom. The van der Waals surface area contributed by atoms with Crippen LogP contribution >= 0.6 is 0 Å². The van der Waals surface area contributed by atoms with Crippen molar-refractivity contribution in [3.05, 3.63) is 11.3 Å². The average Bonchev–Trinajstić information content (AvgIpc) is 2.35. The largest absolute Gasteiger partial charge is 0.396 e. The maximum atomic E-state index is 9.19. The summed E-state index contributed by atoms with van der Waals surface area (Å²) in [4.78, 5) is 2.36. The van der Waals surface area contributed by atoms with Gasteiger partial charge in [0.25, 0.3) is 0 Å². The summed E-state index contributed by atoms with van der Waals surface area (Å²) in [6, 6.07) is 0. The highest BCUT2D eigenvalue weighted by Gasteiger charge is 2.13. The molecule has 0 aliphatic rings. The van der Waals surface area contributed by atoms with Crippen LogP contribution in [0.5, 0.6) is 0 Å². The van der Waals surface area contributed by atoms with Crippen molar-refractivity contribution in [1.82, 2.24) is 4.90 Å². The van der Waals surface area contributed by atoms with Crippen LogP contribution < -0.4 is 0 Å². The molecule has 17 heavy (non-hydrogen) atoms. The first-order valence-electron chi connectivity index (χ1n) is 6.63. The third-order valence-electron chi connectivity index (χ3n) is 3.15. The van der Waals surface area contributed by atoms with Gasteiger partial charge in [0, 0.05) is 32.5 Å². The molecule has 0 bridgehead atoms. The average molecular weight is 243 g/mol. The van der Waals surface area contributed by atoms with Crippen molar-refractivity contribution in [2.24, 2.45) is 5.92 Å². The zero-order chi connectivity index (χ0) is 13.3. The molecule has 0 aromatic heterocycles. The molecule has 0 saturated carbocycles. The molecule has 3 nitrogen and oxygen atoms in total. The first-order chi connectivity index (χ1) is 8.10. The Morgan fingerprint density at radius 2 is 1.94 bits per heavy atom. The summed E-state index contributed by atoms with van der Waals surface area (Å²) < 4.78 is 5.17. The highest BCUT2D eigenvalue weighted by Crippen LogP contribution is 2.18. The number of hydrogen-bond donors (Lipinski definition) is 1. The van der Waals surface area contributed by atoms with E-state index in [1.165, 1.54) is 11.3 Å². The molecule has 0 amide bonds. The van der Waals surface area contributed by atoms with Gasteiger partial charge in [-0.15, -0.1) is 0 Å². The Balaban J connectivity index is 4.74. The van der Waals surface area contributed by atoms with Crippen molar-refractivity contribution in [3.8, 4) is 0 Å². The molecule has 1 N–H and O–H groups in total. The van der Waals surface area contributed by atoms with E-state index < -0.39 is 0 Å². The van der Waals surface area contributed by atoms with E-state index in [0.717, 1.165) is 32.5 Å². The van der Waals surface area contributed by atoms with Crippen molar-refractivity contribution < 1.29 is 9.84 Å². The van der Waals surface area contributed by atoms with E-state index in [1.807, 2.05) is 0 Å². The molecule has 0 aliphatic carbocycles. The maximum absolute atomic E-state index is 9.19. The highest BCUT2D eigenvalue weighted by molar-refractivity contribution is 5.10. The van der Waals surface area contributed by atoms with Crippen molar-refractivity contribution >= 4 is 0 Å². The molecule has 0 rings (SSSR count). The molecule has 1 atom stereocenters. The van der Waals surface area contributed by atoms with E-state index in [4.69, 9.17) is 4.74 Å². The number of ether oxygens (including phenoxy) is 1. The van der Waals surface area contributed by atoms with Crippen LogP contribution in [-0.2, 0) is 4.74 Å². The van der Waals surface area contributed by atoms with Crippen molar-refractivity contribution in [1.29, 1.82) is 0 Å². The van der Waals surface area contributed by atoms with E-state index in [-0.39, 0.29) is 6.61 Å². The molecule has 0 heterocycles. The van der Waals surface area contributed by atoms with Crippen molar-refractivity contribution in [3.63, 3.8) is 0 Å². The number of methoxy groups -OCH3 is 1. The predicted molar refractivity (Wildman–Crippen MR) is 73.0 cm³/mol. The van der Waals surface area contributed by atoms with E-state index in [2.05, 4.69) is 32.6 Å². The molecule has 0 unspecified atom stereocenters. The van der Waals surface area contributed by atoms with E-state index in [0.29, 0.717) is 5.92 Å². The van der Waals surface area contributed by atoms with Crippen LogP contribution in [0.15, 0.2) is 11.3 Å². The van der Waals surface area contributed by atoms with Gasteiger partial charge in [-0.05, 0) is 25.7 Å². The van der Waals surface area contributed by atoms with Crippen LogP contribution in [0.3, 0.4) is 0 Å². The number of nitrogens with zero attached hydrogens (tertiary/aromatic N) is 1. The molecule has 0 saturated heterocycles. The highest BCUT2D eigenvalue weighted by atomic mass is 16.5. The minimum Gasteiger partial charge on any atom is -0.396 e. The second-order valence-electron chi connectivity index (χ2n) is 4.66. The lowest BCUT2D eigenvalue weighted by Gasteiger charge is -2.30. The lowest BCUT2D eigenvalue weighted by Crippen LogP contribution is -2.32. The summed E-state index contributed by atoms with van der Waals surface area (Å²) in [5.41, 5.74) is 2.85. The number of aliphatic hydroxyl groups excluding tert-OH is 1. The molecule has 102 valence electrons. The summed E-state index contributed by atoms with van der Waals surface area (Å²) in [6.07, 6.45) is 2.13. The van der Waals surface area contributed by atoms with Crippen molar-refractivity contribution in [2.45, 2.75) is 40.5 Å². The summed E-state index contributed by atoms with van der Waals surface area (Å²) >= 11 is 0. The van der Waals surface area contributed by atoms with Crippen LogP contribution in [0.2, 0.25) is 0 Å². The Labute approximate surface area is 106 Å². The van der Waals surface area contributed by atoms with Gasteiger partial charge < -0.3 is 14.7 Å². The molecule has 0 aromatic carbocycles. The van der Waals surface area contributed by atoms with Gasteiger partial charge in [0.1, 0.15) is 0 Å². The second-order valence-corrected chi connectivity index (χ2v) is 4.66. The lowest BCUT2D eigenvalue weighted by molar-refractivity contribution is 0.140. The lowest BCUT2D eigenvalue weighted by atomic mass is 10.1. The monoisotopic (exact) mass is 243 g/mol. The Kier molecular flexibility index (Phi) is 9.18. The topological polar surface area (TPSA) is 32.7 Å². The predicted octanol–water partition coefficient (Wildman–Crippen LogP) is 2.66. The number of aliphatic hydroxyl groups is 1. The van der Waals surface area contributed by atoms with Gasteiger partial charge in [-0.25, -0.2) is 0 Å². The van der Waals surface area contributed by atoms with Crippen LogP contribution in [0.25, 0.3) is 0 Å². The van der Waals surface area contributed by atoms with Crippen LogP contribution in [0.4, 0.5) is 0 Å².